The molecule has 0 N–H and O–H groups in total. The van der Waals surface area contributed by atoms with Crippen molar-refractivity contribution in [3.63, 3.8) is 0 Å². The Labute approximate surface area is 122 Å². The van der Waals surface area contributed by atoms with E-state index in [1.165, 1.54) is 7.11 Å². The predicted molar refractivity (Wildman–Crippen MR) is 77.2 cm³/mol. The van der Waals surface area contributed by atoms with Crippen LogP contribution >= 0.6 is 12.6 Å². The molecule has 0 amide bonds. The summed E-state index contributed by atoms with van der Waals surface area (Å²) in [6, 6.07) is 5.68. The Balaban J connectivity index is 2.60. The van der Waals surface area contributed by atoms with Gasteiger partial charge in [-0.25, -0.2) is 4.99 Å². The summed E-state index contributed by atoms with van der Waals surface area (Å²) in [7, 11) is 1.32. The van der Waals surface area contributed by atoms with Crippen molar-refractivity contribution in [2.24, 2.45) is 10.9 Å². The molecule has 1 aliphatic rings. The van der Waals surface area contributed by atoms with E-state index >= 15 is 0 Å². The number of aromatic nitrogens is 1. The summed E-state index contributed by atoms with van der Waals surface area (Å²) in [4.78, 5) is 20.3. The van der Waals surface area contributed by atoms with Gasteiger partial charge in [0.1, 0.15) is 10.9 Å². The number of hydrogen-bond donors (Lipinski definition) is 1. The molecule has 2 heterocycles. The fourth-order valence-corrected chi connectivity index (χ4v) is 2.66. The molecule has 0 fully saturated rings. The van der Waals surface area contributed by atoms with Gasteiger partial charge in [0.25, 0.3) is 0 Å². The van der Waals surface area contributed by atoms with Crippen LogP contribution in [0.25, 0.3) is 0 Å². The molecule has 20 heavy (non-hydrogen) atoms. The maximum Gasteiger partial charge on any atom is 0.315 e. The molecule has 2 atom stereocenters. The minimum absolute atomic E-state index is 0.332. The number of allylic oxidation sites excluding steroid dienone is 1. The van der Waals surface area contributed by atoms with E-state index in [-0.39, 0.29) is 0 Å². The highest BCUT2D eigenvalue weighted by molar-refractivity contribution is 7.84. The summed E-state index contributed by atoms with van der Waals surface area (Å²) >= 11 is 4.24. The van der Waals surface area contributed by atoms with Crippen LogP contribution in [0.2, 0.25) is 0 Å². The van der Waals surface area contributed by atoms with Crippen molar-refractivity contribution in [2.45, 2.75) is 12.8 Å². The predicted octanol–water partition coefficient (Wildman–Crippen LogP) is 2.09. The van der Waals surface area contributed by atoms with Gasteiger partial charge in [0.05, 0.1) is 18.8 Å². The molecule has 102 valence electrons. The van der Waals surface area contributed by atoms with E-state index in [1.807, 2.05) is 6.07 Å². The monoisotopic (exact) mass is 287 g/mol. The zero-order valence-electron chi connectivity index (χ0n) is 11.1. The van der Waals surface area contributed by atoms with E-state index in [0.717, 1.165) is 5.56 Å². The van der Waals surface area contributed by atoms with Crippen LogP contribution in [0.4, 0.5) is 0 Å². The highest BCUT2D eigenvalue weighted by Crippen LogP contribution is 2.39. The Hall–Kier alpha value is -2.13. The topological polar surface area (TPSA) is 75.3 Å². The van der Waals surface area contributed by atoms with Crippen molar-refractivity contribution in [2.75, 3.05) is 7.11 Å². The lowest BCUT2D eigenvalue weighted by molar-refractivity contribution is -0.143. The molecule has 1 unspecified atom stereocenters. The quantitative estimate of drug-likeness (QED) is 0.667. The number of nitriles is 1. The number of hydrogen-bond acceptors (Lipinski definition) is 6. The third-order valence-corrected chi connectivity index (χ3v) is 3.58. The SMILES string of the molecule is COC(=O)C1C(C)=NC(S)=C(C#N)[C@H]1c1cccnc1. The summed E-state index contributed by atoms with van der Waals surface area (Å²) in [5, 5.41) is 9.69. The normalized spacial score (nSPS) is 22.0. The molecule has 5 nitrogen and oxygen atoms in total. The second kappa shape index (κ2) is 5.88. The number of carbonyl (C=O) groups is 1. The molecule has 0 aliphatic carbocycles. The number of thiol groups is 1. The molecule has 0 bridgehead atoms. The maximum atomic E-state index is 12.0. The van der Waals surface area contributed by atoms with Gasteiger partial charge < -0.3 is 4.74 Å². The minimum Gasteiger partial charge on any atom is -0.468 e. The van der Waals surface area contributed by atoms with Crippen molar-refractivity contribution in [1.29, 1.82) is 5.26 Å². The van der Waals surface area contributed by atoms with Gasteiger partial charge in [-0.15, -0.1) is 12.6 Å². The molecule has 1 aromatic heterocycles. The van der Waals surface area contributed by atoms with E-state index in [0.29, 0.717) is 16.3 Å². The van der Waals surface area contributed by atoms with Gasteiger partial charge in [-0.3, -0.25) is 9.78 Å². The Bertz CT molecular complexity index is 632. The molecule has 2 rings (SSSR count). The molecule has 0 aromatic carbocycles. The first-order valence-electron chi connectivity index (χ1n) is 5.96. The van der Waals surface area contributed by atoms with E-state index in [4.69, 9.17) is 4.74 Å². The van der Waals surface area contributed by atoms with Crippen LogP contribution in [-0.2, 0) is 9.53 Å². The van der Waals surface area contributed by atoms with E-state index < -0.39 is 17.8 Å². The number of carbonyl (C=O) groups excluding carboxylic acids is 1. The first kappa shape index (κ1) is 14.3. The van der Waals surface area contributed by atoms with Crippen LogP contribution in [0, 0.1) is 17.2 Å². The number of pyridine rings is 1. The standard InChI is InChI=1S/C14H13N3O2S/c1-8-11(14(18)19-2)12(9-4-3-5-16-7-9)10(6-15)13(20)17-8/h3-5,7,11-12,20H,1-2H3/t11?,12-/m1/s1. The largest absolute Gasteiger partial charge is 0.468 e. The van der Waals surface area contributed by atoms with Crippen LogP contribution < -0.4 is 0 Å². The zero-order chi connectivity index (χ0) is 14.7. The van der Waals surface area contributed by atoms with Crippen LogP contribution in [0.5, 0.6) is 0 Å². The van der Waals surface area contributed by atoms with Crippen LogP contribution in [0.3, 0.4) is 0 Å². The molecule has 6 heteroatoms. The average Bonchev–Trinajstić information content (AvgIpc) is 2.46. The minimum atomic E-state index is -0.630. The lowest BCUT2D eigenvalue weighted by atomic mass is 9.78. The zero-order valence-corrected chi connectivity index (χ0v) is 12.0. The second-order valence-electron chi connectivity index (χ2n) is 4.37. The number of ether oxygens (including phenoxy) is 1. The summed E-state index contributed by atoms with van der Waals surface area (Å²) in [5.41, 5.74) is 1.69. The van der Waals surface area contributed by atoms with E-state index in [2.05, 4.69) is 28.7 Å². The summed E-state index contributed by atoms with van der Waals surface area (Å²) in [6.07, 6.45) is 3.27. The maximum absolute atomic E-state index is 12.0. The molecule has 0 radical (unpaired) electrons. The van der Waals surface area contributed by atoms with Crippen LogP contribution in [-0.4, -0.2) is 23.8 Å². The van der Waals surface area contributed by atoms with Crippen molar-refractivity contribution >= 4 is 24.3 Å². The van der Waals surface area contributed by atoms with Crippen LogP contribution in [0.15, 0.2) is 40.1 Å². The average molecular weight is 287 g/mol. The number of esters is 1. The summed E-state index contributed by atoms with van der Waals surface area (Å²) in [6.45, 7) is 1.73. The van der Waals surface area contributed by atoms with Gasteiger partial charge >= 0.3 is 5.97 Å². The number of nitrogens with zero attached hydrogens (tertiary/aromatic N) is 3. The van der Waals surface area contributed by atoms with Gasteiger partial charge in [-0.2, -0.15) is 5.26 Å². The van der Waals surface area contributed by atoms with Gasteiger partial charge in [0, 0.05) is 24.0 Å². The Kier molecular flexibility index (Phi) is 4.20. The molecule has 0 saturated carbocycles. The third kappa shape index (κ3) is 2.45. The van der Waals surface area contributed by atoms with Crippen molar-refractivity contribution < 1.29 is 9.53 Å². The number of aliphatic imine (C=N–C) groups is 1. The molecule has 0 saturated heterocycles. The first-order valence-corrected chi connectivity index (χ1v) is 6.41. The molecule has 1 aromatic rings. The molecule has 0 spiro atoms. The highest BCUT2D eigenvalue weighted by Gasteiger charge is 2.39. The lowest BCUT2D eigenvalue weighted by Gasteiger charge is -2.28. The van der Waals surface area contributed by atoms with Gasteiger partial charge in [-0.05, 0) is 18.6 Å². The van der Waals surface area contributed by atoms with Crippen molar-refractivity contribution in [1.82, 2.24) is 4.98 Å². The van der Waals surface area contributed by atoms with Gasteiger partial charge in [0.15, 0.2) is 0 Å². The fourth-order valence-electron chi connectivity index (χ4n) is 2.32. The second-order valence-corrected chi connectivity index (χ2v) is 4.79. The first-order chi connectivity index (χ1) is 9.60. The Morgan fingerprint density at radius 1 is 1.55 bits per heavy atom. The van der Waals surface area contributed by atoms with Gasteiger partial charge in [-0.1, -0.05) is 6.07 Å². The third-order valence-electron chi connectivity index (χ3n) is 3.24. The summed E-state index contributed by atoms with van der Waals surface area (Å²) in [5.74, 6) is -1.52. The van der Waals surface area contributed by atoms with Crippen LogP contribution in [0.1, 0.15) is 18.4 Å². The Morgan fingerprint density at radius 2 is 2.30 bits per heavy atom. The van der Waals surface area contributed by atoms with Gasteiger partial charge in [0.2, 0.25) is 0 Å². The van der Waals surface area contributed by atoms with Crippen molar-refractivity contribution in [3.05, 3.63) is 40.7 Å². The highest BCUT2D eigenvalue weighted by atomic mass is 32.1. The molecular weight excluding hydrogens is 274 g/mol. The number of methoxy groups -OCH3 is 1. The molecule has 1 aliphatic heterocycles. The fraction of sp³-hybridized carbons (Fsp3) is 0.286. The van der Waals surface area contributed by atoms with Crippen molar-refractivity contribution in [3.8, 4) is 6.07 Å². The number of rotatable bonds is 2. The van der Waals surface area contributed by atoms with E-state index in [1.54, 1.807) is 25.4 Å². The van der Waals surface area contributed by atoms with E-state index in [9.17, 15) is 10.1 Å². The summed E-state index contributed by atoms with van der Waals surface area (Å²) < 4.78 is 4.84. The Morgan fingerprint density at radius 3 is 2.85 bits per heavy atom. The lowest BCUT2D eigenvalue weighted by Crippen LogP contribution is -2.33. The molecular formula is C14H13N3O2S. The smallest absolute Gasteiger partial charge is 0.315 e.